The largest absolute Gasteiger partial charge is 0.347 e. The van der Waals surface area contributed by atoms with E-state index in [1.54, 1.807) is 14.1 Å². The predicted molar refractivity (Wildman–Crippen MR) is 86.3 cm³/mol. The van der Waals surface area contributed by atoms with Crippen molar-refractivity contribution >= 4 is 54.8 Å². The zero-order valence-corrected chi connectivity index (χ0v) is 15.4. The third-order valence-electron chi connectivity index (χ3n) is 3.11. The van der Waals surface area contributed by atoms with Crippen molar-refractivity contribution in [3.05, 3.63) is 14.9 Å². The third-order valence-corrected chi connectivity index (χ3v) is 7.94. The third kappa shape index (κ3) is 3.43. The molecule has 0 saturated carbocycles. The number of nitrogens with one attached hydrogen (secondary N) is 1. The van der Waals surface area contributed by atoms with Crippen LogP contribution >= 0.6 is 38.9 Å². The van der Waals surface area contributed by atoms with E-state index < -0.39 is 16.1 Å². The second kappa shape index (κ2) is 6.51. The van der Waals surface area contributed by atoms with Crippen molar-refractivity contribution < 1.29 is 13.2 Å². The molecule has 1 aliphatic rings. The molecule has 1 amide bonds. The standard InChI is InChI=1S/C11H15BrClN3O3S2/c1-15(2)11(17)8-6-14-3-4-16(8)21(18,19)9-5-7(13)10(12)20-9/h5,8,14H,3-4,6H2,1-2H3. The van der Waals surface area contributed by atoms with Crippen molar-refractivity contribution in [3.8, 4) is 0 Å². The van der Waals surface area contributed by atoms with Crippen LogP contribution in [-0.4, -0.2) is 63.3 Å². The smallest absolute Gasteiger partial charge is 0.253 e. The van der Waals surface area contributed by atoms with Gasteiger partial charge >= 0.3 is 0 Å². The van der Waals surface area contributed by atoms with E-state index >= 15 is 0 Å². The van der Waals surface area contributed by atoms with Crippen LogP contribution in [0.3, 0.4) is 0 Å². The molecular formula is C11H15BrClN3O3S2. The monoisotopic (exact) mass is 415 g/mol. The highest BCUT2D eigenvalue weighted by molar-refractivity contribution is 9.11. The highest BCUT2D eigenvalue weighted by Gasteiger charge is 2.39. The van der Waals surface area contributed by atoms with Gasteiger partial charge in [0.05, 0.1) is 8.81 Å². The summed E-state index contributed by atoms with van der Waals surface area (Å²) in [5.41, 5.74) is 0. The highest BCUT2D eigenvalue weighted by atomic mass is 79.9. The van der Waals surface area contributed by atoms with Gasteiger partial charge in [-0.15, -0.1) is 11.3 Å². The maximum atomic E-state index is 12.7. The Labute approximate surface area is 141 Å². The van der Waals surface area contributed by atoms with E-state index in [9.17, 15) is 13.2 Å². The fraction of sp³-hybridized carbons (Fsp3) is 0.545. The zero-order valence-electron chi connectivity index (χ0n) is 11.5. The molecular weight excluding hydrogens is 402 g/mol. The van der Waals surface area contributed by atoms with Crippen molar-refractivity contribution in [2.24, 2.45) is 0 Å². The molecule has 118 valence electrons. The summed E-state index contributed by atoms with van der Waals surface area (Å²) in [5.74, 6) is -0.243. The molecule has 10 heteroatoms. The molecule has 1 fully saturated rings. The van der Waals surface area contributed by atoms with Crippen LogP contribution in [0.25, 0.3) is 0 Å². The molecule has 2 heterocycles. The minimum absolute atomic E-state index is 0.137. The molecule has 0 bridgehead atoms. The molecule has 1 saturated heterocycles. The van der Waals surface area contributed by atoms with E-state index in [4.69, 9.17) is 11.6 Å². The number of carbonyl (C=O) groups excluding carboxylic acids is 1. The number of halogens is 2. The lowest BCUT2D eigenvalue weighted by Gasteiger charge is -2.35. The van der Waals surface area contributed by atoms with E-state index in [0.717, 1.165) is 11.3 Å². The molecule has 2 rings (SSSR count). The molecule has 1 atom stereocenters. The molecule has 21 heavy (non-hydrogen) atoms. The van der Waals surface area contributed by atoms with E-state index in [0.29, 0.717) is 21.9 Å². The molecule has 1 aliphatic heterocycles. The molecule has 1 aromatic heterocycles. The Balaban J connectivity index is 2.38. The minimum atomic E-state index is -3.74. The first kappa shape index (κ1) is 17.2. The second-order valence-corrected chi connectivity index (χ2v) is 9.65. The van der Waals surface area contributed by atoms with Gasteiger partial charge in [-0.05, 0) is 22.0 Å². The fourth-order valence-electron chi connectivity index (χ4n) is 2.05. The number of likely N-dealkylation sites (N-methyl/N-ethyl adjacent to an activating group) is 1. The Bertz CT molecular complexity index is 628. The summed E-state index contributed by atoms with van der Waals surface area (Å²) < 4.78 is 27.4. The number of amides is 1. The van der Waals surface area contributed by atoms with Crippen molar-refractivity contribution in [2.45, 2.75) is 10.3 Å². The number of hydrogen-bond acceptors (Lipinski definition) is 5. The van der Waals surface area contributed by atoms with Gasteiger partial charge in [0, 0.05) is 33.7 Å². The summed E-state index contributed by atoms with van der Waals surface area (Å²) in [6.07, 6.45) is 0. The van der Waals surface area contributed by atoms with Gasteiger partial charge in [-0.25, -0.2) is 8.42 Å². The van der Waals surface area contributed by atoms with Crippen LogP contribution in [-0.2, 0) is 14.8 Å². The summed E-state index contributed by atoms with van der Waals surface area (Å²) in [5, 5.41) is 3.41. The number of thiophene rings is 1. The van der Waals surface area contributed by atoms with Crippen LogP contribution < -0.4 is 5.32 Å². The summed E-state index contributed by atoms with van der Waals surface area (Å²) in [4.78, 5) is 13.6. The Morgan fingerprint density at radius 1 is 1.57 bits per heavy atom. The lowest BCUT2D eigenvalue weighted by molar-refractivity contribution is -0.133. The molecule has 0 aromatic carbocycles. The summed E-state index contributed by atoms with van der Waals surface area (Å²) in [7, 11) is -0.519. The van der Waals surface area contributed by atoms with Crippen molar-refractivity contribution in [1.29, 1.82) is 0 Å². The molecule has 0 spiro atoms. The maximum absolute atomic E-state index is 12.7. The van der Waals surface area contributed by atoms with Gasteiger partial charge in [0.1, 0.15) is 10.3 Å². The van der Waals surface area contributed by atoms with Crippen molar-refractivity contribution in [1.82, 2.24) is 14.5 Å². The van der Waals surface area contributed by atoms with Gasteiger partial charge < -0.3 is 10.2 Å². The molecule has 6 nitrogen and oxygen atoms in total. The molecule has 1 N–H and O–H groups in total. The number of hydrogen-bond donors (Lipinski definition) is 1. The Morgan fingerprint density at radius 2 is 2.24 bits per heavy atom. The van der Waals surface area contributed by atoms with Gasteiger partial charge in [0.25, 0.3) is 10.0 Å². The first-order valence-corrected chi connectivity index (χ1v) is 9.56. The average molecular weight is 417 g/mol. The molecule has 0 aliphatic carbocycles. The van der Waals surface area contributed by atoms with Crippen LogP contribution in [0, 0.1) is 0 Å². The summed E-state index contributed by atoms with van der Waals surface area (Å²) >= 11 is 10.2. The van der Waals surface area contributed by atoms with Crippen LogP contribution in [0.4, 0.5) is 0 Å². The average Bonchev–Trinajstić information content (AvgIpc) is 2.78. The van der Waals surface area contributed by atoms with Crippen LogP contribution in [0.5, 0.6) is 0 Å². The highest BCUT2D eigenvalue weighted by Crippen LogP contribution is 2.36. The number of carbonyl (C=O) groups is 1. The maximum Gasteiger partial charge on any atom is 0.253 e. The molecule has 1 unspecified atom stereocenters. The lowest BCUT2D eigenvalue weighted by Crippen LogP contribution is -2.59. The summed E-state index contributed by atoms with van der Waals surface area (Å²) in [6.45, 7) is 1.06. The Hall–Kier alpha value is -0.190. The first-order chi connectivity index (χ1) is 9.75. The predicted octanol–water partition coefficient (Wildman–Crippen LogP) is 1.21. The fourth-order valence-corrected chi connectivity index (χ4v) is 6.16. The zero-order chi connectivity index (χ0) is 15.8. The van der Waals surface area contributed by atoms with Gasteiger partial charge in [0.2, 0.25) is 5.91 Å². The molecule has 1 aromatic rings. The van der Waals surface area contributed by atoms with E-state index in [2.05, 4.69) is 21.2 Å². The topological polar surface area (TPSA) is 69.7 Å². The number of sulfonamides is 1. The Kier molecular flexibility index (Phi) is 5.32. The van der Waals surface area contributed by atoms with Crippen LogP contribution in [0.1, 0.15) is 0 Å². The van der Waals surface area contributed by atoms with Crippen molar-refractivity contribution in [2.75, 3.05) is 33.7 Å². The summed E-state index contributed by atoms with van der Waals surface area (Å²) in [6, 6.07) is 0.670. The normalized spacial score (nSPS) is 20.5. The van der Waals surface area contributed by atoms with Gasteiger partial charge in [-0.1, -0.05) is 11.6 Å². The molecule has 0 radical (unpaired) electrons. The SMILES string of the molecule is CN(C)C(=O)C1CNCCN1S(=O)(=O)c1cc(Cl)c(Br)s1. The van der Waals surface area contributed by atoms with Gasteiger partial charge in [-0.3, -0.25) is 4.79 Å². The number of piperazine rings is 1. The first-order valence-electron chi connectivity index (χ1n) is 6.13. The van der Waals surface area contributed by atoms with E-state index in [1.165, 1.54) is 15.3 Å². The Morgan fingerprint density at radius 3 is 2.76 bits per heavy atom. The van der Waals surface area contributed by atoms with Crippen molar-refractivity contribution in [3.63, 3.8) is 0 Å². The quantitative estimate of drug-likeness (QED) is 0.804. The van der Waals surface area contributed by atoms with E-state index in [-0.39, 0.29) is 16.7 Å². The van der Waals surface area contributed by atoms with Crippen LogP contribution in [0.15, 0.2) is 14.1 Å². The van der Waals surface area contributed by atoms with Gasteiger partial charge in [0.15, 0.2) is 0 Å². The number of nitrogens with zero attached hydrogens (tertiary/aromatic N) is 2. The minimum Gasteiger partial charge on any atom is -0.347 e. The lowest BCUT2D eigenvalue weighted by atomic mass is 10.2. The van der Waals surface area contributed by atoms with E-state index in [1.807, 2.05) is 0 Å². The van der Waals surface area contributed by atoms with Crippen LogP contribution in [0.2, 0.25) is 5.02 Å². The number of rotatable bonds is 3. The van der Waals surface area contributed by atoms with Gasteiger partial charge in [-0.2, -0.15) is 4.31 Å². The second-order valence-electron chi connectivity index (χ2n) is 4.76.